The van der Waals surface area contributed by atoms with Gasteiger partial charge in [0.25, 0.3) is 0 Å². The van der Waals surface area contributed by atoms with E-state index >= 15 is 0 Å². The lowest BCUT2D eigenvalue weighted by Gasteiger charge is -2.34. The smallest absolute Gasteiger partial charge is 0.126 e. The average Bonchev–Trinajstić information content (AvgIpc) is 2.82. The molecule has 2 rings (SSSR count). The molecule has 2 nitrogen and oxygen atoms in total. The second-order valence-corrected chi connectivity index (χ2v) is 5.12. The fourth-order valence-corrected chi connectivity index (χ4v) is 2.90. The molecule has 0 aliphatic heterocycles. The minimum absolute atomic E-state index is 0.233. The average molecular weight is 252 g/mol. The van der Waals surface area contributed by atoms with Gasteiger partial charge in [0.15, 0.2) is 0 Å². The van der Waals surface area contributed by atoms with Crippen LogP contribution in [0.2, 0.25) is 0 Å². The van der Waals surface area contributed by atoms with Gasteiger partial charge in [-0.1, -0.05) is 25.0 Å². The van der Waals surface area contributed by atoms with Crippen LogP contribution in [0.5, 0.6) is 0 Å². The maximum atomic E-state index is 13.3. The fourth-order valence-electron chi connectivity index (χ4n) is 2.90. The Labute approximate surface area is 108 Å². The molecule has 100 valence electrons. The van der Waals surface area contributed by atoms with Crippen molar-refractivity contribution < 1.29 is 14.2 Å². The van der Waals surface area contributed by atoms with E-state index in [1.807, 2.05) is 6.92 Å². The molecular weight excluding hydrogens is 231 g/mol. The molecule has 3 heteroatoms. The fraction of sp³-hybridized carbons (Fsp3) is 0.600. The first-order valence-electron chi connectivity index (χ1n) is 6.67. The van der Waals surface area contributed by atoms with Crippen LogP contribution in [0.15, 0.2) is 18.2 Å². The van der Waals surface area contributed by atoms with Crippen molar-refractivity contribution in [3.63, 3.8) is 0 Å². The summed E-state index contributed by atoms with van der Waals surface area (Å²) in [4.78, 5) is 0. The summed E-state index contributed by atoms with van der Waals surface area (Å²) in [5.41, 5.74) is 0.847. The normalized spacial score (nSPS) is 20.0. The molecule has 1 aliphatic carbocycles. The molecule has 18 heavy (non-hydrogen) atoms. The SMILES string of the molecule is CCOC1(C(O)c2ccc(F)c(C)c2)CCCC1. The molecule has 1 aromatic carbocycles. The zero-order chi connectivity index (χ0) is 13.2. The minimum atomic E-state index is -0.667. The first-order valence-corrected chi connectivity index (χ1v) is 6.67. The van der Waals surface area contributed by atoms with Crippen molar-refractivity contribution >= 4 is 0 Å². The Morgan fingerprint density at radius 3 is 2.61 bits per heavy atom. The largest absolute Gasteiger partial charge is 0.385 e. The van der Waals surface area contributed by atoms with Gasteiger partial charge in [0.2, 0.25) is 0 Å². The van der Waals surface area contributed by atoms with Crippen molar-refractivity contribution in [2.75, 3.05) is 6.61 Å². The lowest BCUT2D eigenvalue weighted by Crippen LogP contribution is -2.36. The molecule has 0 spiro atoms. The monoisotopic (exact) mass is 252 g/mol. The summed E-state index contributed by atoms with van der Waals surface area (Å²) in [6.45, 7) is 4.26. The Morgan fingerprint density at radius 1 is 1.39 bits per heavy atom. The third kappa shape index (κ3) is 2.43. The van der Waals surface area contributed by atoms with Crippen LogP contribution in [0, 0.1) is 12.7 Å². The summed E-state index contributed by atoms with van der Waals surface area (Å²) in [5, 5.41) is 10.6. The Kier molecular flexibility index (Phi) is 4.03. The van der Waals surface area contributed by atoms with Crippen molar-refractivity contribution in [2.24, 2.45) is 0 Å². The number of halogens is 1. The zero-order valence-corrected chi connectivity index (χ0v) is 11.1. The molecule has 1 fully saturated rings. The summed E-state index contributed by atoms with van der Waals surface area (Å²) < 4.78 is 19.1. The first-order chi connectivity index (χ1) is 8.59. The van der Waals surface area contributed by atoms with Gasteiger partial charge in [0.1, 0.15) is 11.9 Å². The van der Waals surface area contributed by atoms with E-state index in [1.165, 1.54) is 6.07 Å². The third-order valence-electron chi connectivity index (χ3n) is 3.88. The molecule has 0 bridgehead atoms. The molecule has 1 N–H and O–H groups in total. The summed E-state index contributed by atoms with van der Waals surface area (Å²) in [7, 11) is 0. The summed E-state index contributed by atoms with van der Waals surface area (Å²) >= 11 is 0. The maximum absolute atomic E-state index is 13.3. The molecule has 1 atom stereocenters. The molecule has 1 aromatic rings. The topological polar surface area (TPSA) is 29.5 Å². The van der Waals surface area contributed by atoms with E-state index < -0.39 is 11.7 Å². The van der Waals surface area contributed by atoms with Crippen LogP contribution < -0.4 is 0 Å². The molecular formula is C15H21FO2. The Balaban J connectivity index is 2.27. The van der Waals surface area contributed by atoms with E-state index in [-0.39, 0.29) is 5.82 Å². The maximum Gasteiger partial charge on any atom is 0.126 e. The highest BCUT2D eigenvalue weighted by atomic mass is 19.1. The van der Waals surface area contributed by atoms with E-state index in [4.69, 9.17) is 4.74 Å². The molecule has 0 heterocycles. The Hall–Kier alpha value is -0.930. The number of rotatable bonds is 4. The highest BCUT2D eigenvalue weighted by Crippen LogP contribution is 2.43. The standard InChI is InChI=1S/C15H21FO2/c1-3-18-15(8-4-5-9-15)14(17)12-6-7-13(16)11(2)10-12/h6-7,10,14,17H,3-5,8-9H2,1-2H3. The Bertz CT molecular complexity index is 411. The Morgan fingerprint density at radius 2 is 2.06 bits per heavy atom. The van der Waals surface area contributed by atoms with Gasteiger partial charge in [-0.25, -0.2) is 4.39 Å². The summed E-state index contributed by atoms with van der Waals surface area (Å²) in [5.74, 6) is -0.233. The van der Waals surface area contributed by atoms with Crippen LogP contribution in [-0.4, -0.2) is 17.3 Å². The van der Waals surface area contributed by atoms with Crippen molar-refractivity contribution in [1.29, 1.82) is 0 Å². The van der Waals surface area contributed by atoms with Crippen LogP contribution >= 0.6 is 0 Å². The summed E-state index contributed by atoms with van der Waals surface area (Å²) in [6.07, 6.45) is 3.24. The van der Waals surface area contributed by atoms with Gasteiger partial charge < -0.3 is 9.84 Å². The molecule has 0 radical (unpaired) electrons. The van der Waals surface area contributed by atoms with Gasteiger partial charge in [-0.3, -0.25) is 0 Å². The van der Waals surface area contributed by atoms with Gasteiger partial charge in [-0.05, 0) is 43.9 Å². The van der Waals surface area contributed by atoms with Gasteiger partial charge in [-0.15, -0.1) is 0 Å². The lowest BCUT2D eigenvalue weighted by atomic mass is 9.88. The molecule has 1 saturated carbocycles. The number of aliphatic hydroxyl groups excluding tert-OH is 1. The number of ether oxygens (including phenoxy) is 1. The van der Waals surface area contributed by atoms with E-state index in [2.05, 4.69) is 0 Å². The number of hydrogen-bond donors (Lipinski definition) is 1. The van der Waals surface area contributed by atoms with Gasteiger partial charge in [-0.2, -0.15) is 0 Å². The predicted molar refractivity (Wildman–Crippen MR) is 68.9 cm³/mol. The van der Waals surface area contributed by atoms with Crippen molar-refractivity contribution in [3.05, 3.63) is 35.1 Å². The molecule has 0 aromatic heterocycles. The molecule has 0 amide bonds. The molecule has 1 aliphatic rings. The predicted octanol–water partition coefficient (Wildman–Crippen LogP) is 3.52. The number of aryl methyl sites for hydroxylation is 1. The second-order valence-electron chi connectivity index (χ2n) is 5.12. The summed E-state index contributed by atoms with van der Waals surface area (Å²) in [6, 6.07) is 4.80. The first kappa shape index (κ1) is 13.5. The lowest BCUT2D eigenvalue weighted by molar-refractivity contribution is -0.118. The van der Waals surface area contributed by atoms with E-state index in [0.29, 0.717) is 12.2 Å². The van der Waals surface area contributed by atoms with Crippen LogP contribution in [0.3, 0.4) is 0 Å². The number of aliphatic hydroxyl groups is 1. The van der Waals surface area contributed by atoms with E-state index in [1.54, 1.807) is 19.1 Å². The van der Waals surface area contributed by atoms with E-state index in [9.17, 15) is 9.50 Å². The van der Waals surface area contributed by atoms with Gasteiger partial charge in [0, 0.05) is 6.61 Å². The second kappa shape index (κ2) is 5.37. The van der Waals surface area contributed by atoms with Gasteiger partial charge >= 0.3 is 0 Å². The highest BCUT2D eigenvalue weighted by Gasteiger charge is 2.42. The van der Waals surface area contributed by atoms with Crippen molar-refractivity contribution in [1.82, 2.24) is 0 Å². The van der Waals surface area contributed by atoms with Crippen molar-refractivity contribution in [3.8, 4) is 0 Å². The number of hydrogen-bond acceptors (Lipinski definition) is 2. The number of benzene rings is 1. The highest BCUT2D eigenvalue weighted by molar-refractivity contribution is 5.27. The zero-order valence-electron chi connectivity index (χ0n) is 11.1. The van der Waals surface area contributed by atoms with Crippen LogP contribution in [0.25, 0.3) is 0 Å². The minimum Gasteiger partial charge on any atom is -0.385 e. The van der Waals surface area contributed by atoms with Crippen LogP contribution in [0.4, 0.5) is 4.39 Å². The van der Waals surface area contributed by atoms with Crippen molar-refractivity contribution in [2.45, 2.75) is 51.2 Å². The van der Waals surface area contributed by atoms with Crippen LogP contribution in [0.1, 0.15) is 49.8 Å². The molecule has 1 unspecified atom stereocenters. The third-order valence-corrected chi connectivity index (χ3v) is 3.88. The van der Waals surface area contributed by atoms with E-state index in [0.717, 1.165) is 31.2 Å². The molecule has 0 saturated heterocycles. The van der Waals surface area contributed by atoms with Crippen LogP contribution in [-0.2, 0) is 4.74 Å². The quantitative estimate of drug-likeness (QED) is 0.888. The van der Waals surface area contributed by atoms with Gasteiger partial charge in [0.05, 0.1) is 5.60 Å².